The summed E-state index contributed by atoms with van der Waals surface area (Å²) in [4.78, 5) is 12.6. The summed E-state index contributed by atoms with van der Waals surface area (Å²) in [5.41, 5.74) is 3.53. The summed E-state index contributed by atoms with van der Waals surface area (Å²) < 4.78 is 34.6. The number of benzene rings is 3. The first-order valence-electron chi connectivity index (χ1n) is 14.9. The Labute approximate surface area is 233 Å². The van der Waals surface area contributed by atoms with Gasteiger partial charge in [0.2, 0.25) is 0 Å². The lowest BCUT2D eigenvalue weighted by molar-refractivity contribution is 0.0728. The summed E-state index contributed by atoms with van der Waals surface area (Å²) in [6, 6.07) is 16.9. The van der Waals surface area contributed by atoms with E-state index in [-0.39, 0.29) is 11.6 Å². The maximum absolute atomic E-state index is 14.7. The van der Waals surface area contributed by atoms with Gasteiger partial charge < -0.3 is 4.74 Å². The van der Waals surface area contributed by atoms with Gasteiger partial charge in [0, 0.05) is 0 Å². The van der Waals surface area contributed by atoms with Gasteiger partial charge in [-0.2, -0.15) is 0 Å². The van der Waals surface area contributed by atoms with Crippen LogP contribution in [0, 0.1) is 11.6 Å². The Kier molecular flexibility index (Phi) is 13.2. The van der Waals surface area contributed by atoms with E-state index in [1.54, 1.807) is 30.3 Å². The topological polar surface area (TPSA) is 26.3 Å². The summed E-state index contributed by atoms with van der Waals surface area (Å²) in [6.45, 7) is 4.40. The van der Waals surface area contributed by atoms with E-state index in [0.717, 1.165) is 60.8 Å². The van der Waals surface area contributed by atoms with Crippen molar-refractivity contribution >= 4 is 5.97 Å². The molecule has 3 rings (SSSR count). The van der Waals surface area contributed by atoms with Crippen LogP contribution in [0.4, 0.5) is 8.78 Å². The SMILES string of the molecule is CCCCCCCCCc1ccc(OC(=O)c2ccc(-c3ccc(CCCCCCC)c(F)c3)cc2)c(F)c1. The van der Waals surface area contributed by atoms with Gasteiger partial charge in [0.25, 0.3) is 0 Å². The average molecular weight is 535 g/mol. The zero-order chi connectivity index (χ0) is 27.9. The molecule has 0 heterocycles. The number of carbonyl (C=O) groups excluding carboxylic acids is 1. The van der Waals surface area contributed by atoms with E-state index in [0.29, 0.717) is 5.56 Å². The van der Waals surface area contributed by atoms with Crippen LogP contribution in [0.15, 0.2) is 60.7 Å². The van der Waals surface area contributed by atoms with Gasteiger partial charge in [-0.05, 0) is 78.3 Å². The predicted molar refractivity (Wildman–Crippen MR) is 157 cm³/mol. The van der Waals surface area contributed by atoms with Crippen molar-refractivity contribution in [2.24, 2.45) is 0 Å². The fourth-order valence-corrected chi connectivity index (χ4v) is 4.88. The van der Waals surface area contributed by atoms with Crippen molar-refractivity contribution in [3.63, 3.8) is 0 Å². The molecule has 0 radical (unpaired) electrons. The van der Waals surface area contributed by atoms with E-state index in [1.165, 1.54) is 63.5 Å². The lowest BCUT2D eigenvalue weighted by Crippen LogP contribution is -2.09. The minimum absolute atomic E-state index is 0.0697. The van der Waals surface area contributed by atoms with Crippen LogP contribution in [0.1, 0.15) is 112 Å². The first-order chi connectivity index (χ1) is 19.0. The van der Waals surface area contributed by atoms with Crippen LogP contribution < -0.4 is 4.74 Å². The minimum atomic E-state index is -0.620. The van der Waals surface area contributed by atoms with Crippen molar-refractivity contribution < 1.29 is 18.3 Å². The number of esters is 1. The van der Waals surface area contributed by atoms with Crippen LogP contribution in [-0.4, -0.2) is 5.97 Å². The second kappa shape index (κ2) is 16.8. The van der Waals surface area contributed by atoms with Gasteiger partial charge in [0.15, 0.2) is 11.6 Å². The van der Waals surface area contributed by atoms with Crippen LogP contribution in [0.5, 0.6) is 5.75 Å². The smallest absolute Gasteiger partial charge is 0.343 e. The van der Waals surface area contributed by atoms with Gasteiger partial charge in [-0.3, -0.25) is 0 Å². The number of unbranched alkanes of at least 4 members (excludes halogenated alkanes) is 10. The second-order valence-corrected chi connectivity index (χ2v) is 10.6. The summed E-state index contributed by atoms with van der Waals surface area (Å²) in [6.07, 6.45) is 15.8. The third-order valence-corrected chi connectivity index (χ3v) is 7.32. The number of carbonyl (C=O) groups is 1. The van der Waals surface area contributed by atoms with Gasteiger partial charge >= 0.3 is 5.97 Å². The Hall–Kier alpha value is -3.01. The maximum atomic E-state index is 14.7. The molecule has 210 valence electrons. The second-order valence-electron chi connectivity index (χ2n) is 10.6. The highest BCUT2D eigenvalue weighted by Gasteiger charge is 2.13. The largest absolute Gasteiger partial charge is 0.420 e. The molecular formula is C35H44F2O2. The quantitative estimate of drug-likeness (QED) is 0.0978. The van der Waals surface area contributed by atoms with E-state index in [2.05, 4.69) is 13.8 Å². The van der Waals surface area contributed by atoms with Gasteiger partial charge in [0.05, 0.1) is 5.56 Å². The molecule has 0 aliphatic carbocycles. The zero-order valence-corrected chi connectivity index (χ0v) is 23.7. The van der Waals surface area contributed by atoms with Gasteiger partial charge in [0.1, 0.15) is 5.82 Å². The Morgan fingerprint density at radius 2 is 1.21 bits per heavy atom. The molecule has 0 bridgehead atoms. The molecule has 0 aromatic heterocycles. The van der Waals surface area contributed by atoms with E-state index >= 15 is 0 Å². The Morgan fingerprint density at radius 1 is 0.615 bits per heavy atom. The summed E-state index contributed by atoms with van der Waals surface area (Å²) in [5, 5.41) is 0. The molecule has 0 saturated heterocycles. The van der Waals surface area contributed by atoms with Gasteiger partial charge in [-0.25, -0.2) is 13.6 Å². The molecule has 3 aromatic carbocycles. The number of aryl methyl sites for hydroxylation is 2. The van der Waals surface area contributed by atoms with Crippen LogP contribution in [0.25, 0.3) is 11.1 Å². The van der Waals surface area contributed by atoms with Crippen molar-refractivity contribution in [1.29, 1.82) is 0 Å². The fraction of sp³-hybridized carbons (Fsp3) is 0.457. The van der Waals surface area contributed by atoms with Crippen molar-refractivity contribution in [2.45, 2.75) is 104 Å². The van der Waals surface area contributed by atoms with E-state index in [1.807, 2.05) is 18.2 Å². The first-order valence-corrected chi connectivity index (χ1v) is 14.9. The van der Waals surface area contributed by atoms with E-state index < -0.39 is 11.8 Å². The molecule has 2 nitrogen and oxygen atoms in total. The van der Waals surface area contributed by atoms with Crippen LogP contribution in [0.3, 0.4) is 0 Å². The normalized spacial score (nSPS) is 11.1. The number of halogens is 2. The molecule has 0 N–H and O–H groups in total. The molecule has 3 aromatic rings. The monoisotopic (exact) mass is 534 g/mol. The fourth-order valence-electron chi connectivity index (χ4n) is 4.88. The van der Waals surface area contributed by atoms with Gasteiger partial charge in [-0.15, -0.1) is 0 Å². The maximum Gasteiger partial charge on any atom is 0.343 e. The zero-order valence-electron chi connectivity index (χ0n) is 23.7. The molecule has 0 aliphatic rings. The first kappa shape index (κ1) is 30.5. The Morgan fingerprint density at radius 3 is 1.82 bits per heavy atom. The van der Waals surface area contributed by atoms with E-state index in [4.69, 9.17) is 4.74 Å². The van der Waals surface area contributed by atoms with Crippen molar-refractivity contribution in [3.05, 3.63) is 89.0 Å². The van der Waals surface area contributed by atoms with Gasteiger partial charge in [-0.1, -0.05) is 108 Å². The van der Waals surface area contributed by atoms with Crippen molar-refractivity contribution in [3.8, 4) is 16.9 Å². The summed E-state index contributed by atoms with van der Waals surface area (Å²) in [7, 11) is 0. The number of rotatable bonds is 17. The number of hydrogen-bond donors (Lipinski definition) is 0. The standard InChI is InChI=1S/C35H44F2O2/c1-3-5-7-9-10-12-13-15-27-17-24-34(33(37)25-27)39-35(38)30-21-18-28(19-22-30)31-23-20-29(32(36)26-31)16-14-11-8-6-4-2/h17-26H,3-16H2,1-2H3. The molecule has 0 fully saturated rings. The number of hydrogen-bond acceptors (Lipinski definition) is 2. The van der Waals surface area contributed by atoms with Crippen LogP contribution in [0.2, 0.25) is 0 Å². The van der Waals surface area contributed by atoms with Crippen molar-refractivity contribution in [1.82, 2.24) is 0 Å². The molecule has 0 unspecified atom stereocenters. The number of ether oxygens (including phenoxy) is 1. The summed E-state index contributed by atoms with van der Waals surface area (Å²) in [5.74, 6) is -1.41. The van der Waals surface area contributed by atoms with Crippen LogP contribution in [-0.2, 0) is 12.8 Å². The molecular weight excluding hydrogens is 490 g/mol. The van der Waals surface area contributed by atoms with Crippen molar-refractivity contribution in [2.75, 3.05) is 0 Å². The lowest BCUT2D eigenvalue weighted by atomic mass is 9.99. The Bertz CT molecular complexity index is 1150. The predicted octanol–water partition coefficient (Wildman–Crippen LogP) is 10.7. The molecule has 0 saturated carbocycles. The van der Waals surface area contributed by atoms with Crippen LogP contribution >= 0.6 is 0 Å². The lowest BCUT2D eigenvalue weighted by Gasteiger charge is -2.09. The third-order valence-electron chi connectivity index (χ3n) is 7.32. The highest BCUT2D eigenvalue weighted by molar-refractivity contribution is 5.91. The van der Waals surface area contributed by atoms with E-state index in [9.17, 15) is 13.6 Å². The molecule has 39 heavy (non-hydrogen) atoms. The molecule has 4 heteroatoms. The highest BCUT2D eigenvalue weighted by atomic mass is 19.1. The average Bonchev–Trinajstić information content (AvgIpc) is 2.94. The Balaban J connectivity index is 1.50. The molecule has 0 aliphatic heterocycles. The third kappa shape index (κ3) is 10.2. The molecule has 0 atom stereocenters. The molecule has 0 amide bonds. The minimum Gasteiger partial charge on any atom is -0.420 e. The highest BCUT2D eigenvalue weighted by Crippen LogP contribution is 2.25. The summed E-state index contributed by atoms with van der Waals surface area (Å²) >= 11 is 0. The molecule has 0 spiro atoms.